The van der Waals surface area contributed by atoms with Crippen LogP contribution in [0.4, 0.5) is 5.95 Å². The van der Waals surface area contributed by atoms with E-state index in [9.17, 15) is 0 Å². The van der Waals surface area contributed by atoms with Crippen molar-refractivity contribution in [3.05, 3.63) is 23.8 Å². The molecule has 0 amide bonds. The lowest BCUT2D eigenvalue weighted by Gasteiger charge is -2.20. The van der Waals surface area contributed by atoms with E-state index >= 15 is 0 Å². The van der Waals surface area contributed by atoms with Gasteiger partial charge in [0.15, 0.2) is 0 Å². The molecule has 96 valence electrons. The first kappa shape index (κ1) is 11.5. The van der Waals surface area contributed by atoms with Gasteiger partial charge < -0.3 is 15.2 Å². The van der Waals surface area contributed by atoms with E-state index < -0.39 is 0 Å². The normalized spacial score (nSPS) is 20.9. The van der Waals surface area contributed by atoms with Gasteiger partial charge in [0, 0.05) is 12.6 Å². The smallest absolute Gasteiger partial charge is 0.201 e. The molecule has 4 nitrogen and oxygen atoms in total. The number of nitrogens with zero attached hydrogens (tertiary/aromatic N) is 3. The predicted octanol–water partition coefficient (Wildman–Crippen LogP) is 2.02. The first-order valence-electron chi connectivity index (χ1n) is 6.58. The van der Waals surface area contributed by atoms with Crippen LogP contribution in [0.15, 0.2) is 18.2 Å². The average molecular weight is 244 g/mol. The second-order valence-electron chi connectivity index (χ2n) is 5.35. The fourth-order valence-corrected chi connectivity index (χ4v) is 2.87. The number of likely N-dealkylation sites (tertiary alicyclic amines) is 1. The first-order valence-corrected chi connectivity index (χ1v) is 6.58. The van der Waals surface area contributed by atoms with Crippen molar-refractivity contribution < 1.29 is 0 Å². The standard InChI is InChI=1S/C14H20N4/c1-10-5-6-13-12(8-10)16-14(15)18(13)9-11-4-3-7-17(11)2/h5-6,8,11H,3-4,7,9H2,1-2H3,(H2,15,16). The summed E-state index contributed by atoms with van der Waals surface area (Å²) in [6.07, 6.45) is 2.54. The molecule has 18 heavy (non-hydrogen) atoms. The minimum atomic E-state index is 0.589. The van der Waals surface area contributed by atoms with Gasteiger partial charge in [0.2, 0.25) is 5.95 Å². The van der Waals surface area contributed by atoms with Gasteiger partial charge in [-0.3, -0.25) is 0 Å². The maximum absolute atomic E-state index is 6.06. The maximum atomic E-state index is 6.06. The SMILES string of the molecule is Cc1ccc2c(c1)nc(N)n2CC1CCCN1C. The largest absolute Gasteiger partial charge is 0.369 e. The van der Waals surface area contributed by atoms with Gasteiger partial charge in [-0.1, -0.05) is 6.07 Å². The number of aromatic nitrogens is 2. The third-order valence-electron chi connectivity index (χ3n) is 4.00. The number of aryl methyl sites for hydroxylation is 1. The van der Waals surface area contributed by atoms with E-state index in [0.29, 0.717) is 12.0 Å². The summed E-state index contributed by atoms with van der Waals surface area (Å²) in [7, 11) is 2.19. The van der Waals surface area contributed by atoms with Crippen LogP contribution in [0.25, 0.3) is 11.0 Å². The van der Waals surface area contributed by atoms with E-state index in [0.717, 1.165) is 17.6 Å². The molecule has 0 aliphatic carbocycles. The van der Waals surface area contributed by atoms with E-state index in [1.54, 1.807) is 0 Å². The highest BCUT2D eigenvalue weighted by molar-refractivity contribution is 5.79. The summed E-state index contributed by atoms with van der Waals surface area (Å²) in [6, 6.07) is 6.94. The van der Waals surface area contributed by atoms with Crippen LogP contribution >= 0.6 is 0 Å². The number of benzene rings is 1. The monoisotopic (exact) mass is 244 g/mol. The van der Waals surface area contributed by atoms with Gasteiger partial charge in [0.1, 0.15) is 0 Å². The Morgan fingerprint density at radius 2 is 2.28 bits per heavy atom. The third-order valence-corrected chi connectivity index (χ3v) is 4.00. The molecule has 1 aliphatic heterocycles. The van der Waals surface area contributed by atoms with Crippen LogP contribution in [-0.2, 0) is 6.54 Å². The highest BCUT2D eigenvalue weighted by atomic mass is 15.2. The summed E-state index contributed by atoms with van der Waals surface area (Å²) in [5.74, 6) is 0.635. The molecule has 1 aliphatic rings. The molecule has 2 aromatic rings. The Kier molecular flexibility index (Phi) is 2.74. The summed E-state index contributed by atoms with van der Waals surface area (Å²) in [5.41, 5.74) is 9.45. The van der Waals surface area contributed by atoms with Crippen molar-refractivity contribution in [3.63, 3.8) is 0 Å². The third kappa shape index (κ3) is 1.86. The number of hydrogen-bond donors (Lipinski definition) is 1. The Morgan fingerprint density at radius 1 is 1.44 bits per heavy atom. The first-order chi connectivity index (χ1) is 8.65. The summed E-state index contributed by atoms with van der Waals surface area (Å²) in [5, 5.41) is 0. The van der Waals surface area contributed by atoms with Crippen LogP contribution in [0.2, 0.25) is 0 Å². The van der Waals surface area contributed by atoms with Crippen LogP contribution in [-0.4, -0.2) is 34.1 Å². The van der Waals surface area contributed by atoms with Crippen LogP contribution in [0.5, 0.6) is 0 Å². The number of rotatable bonds is 2. The van der Waals surface area contributed by atoms with Gasteiger partial charge >= 0.3 is 0 Å². The average Bonchev–Trinajstić information content (AvgIpc) is 2.85. The van der Waals surface area contributed by atoms with E-state index in [-0.39, 0.29) is 0 Å². The highest BCUT2D eigenvalue weighted by Crippen LogP contribution is 2.23. The molecule has 1 unspecified atom stereocenters. The van der Waals surface area contributed by atoms with Crippen molar-refractivity contribution in [2.24, 2.45) is 0 Å². The molecule has 2 N–H and O–H groups in total. The van der Waals surface area contributed by atoms with Crippen LogP contribution in [0.3, 0.4) is 0 Å². The second kappa shape index (κ2) is 4.28. The zero-order chi connectivity index (χ0) is 12.7. The van der Waals surface area contributed by atoms with Crippen molar-refractivity contribution in [1.29, 1.82) is 0 Å². The zero-order valence-electron chi connectivity index (χ0n) is 11.1. The highest BCUT2D eigenvalue weighted by Gasteiger charge is 2.22. The molecule has 3 rings (SSSR count). The van der Waals surface area contributed by atoms with Crippen molar-refractivity contribution in [3.8, 4) is 0 Å². The summed E-state index contributed by atoms with van der Waals surface area (Å²) >= 11 is 0. The van der Waals surface area contributed by atoms with Gasteiger partial charge in [0.05, 0.1) is 11.0 Å². The van der Waals surface area contributed by atoms with Crippen LogP contribution < -0.4 is 5.73 Å². The predicted molar refractivity (Wildman–Crippen MR) is 74.5 cm³/mol. The zero-order valence-corrected chi connectivity index (χ0v) is 11.1. The van der Waals surface area contributed by atoms with E-state index in [1.165, 1.54) is 24.9 Å². The van der Waals surface area contributed by atoms with Crippen LogP contribution in [0, 0.1) is 6.92 Å². The maximum Gasteiger partial charge on any atom is 0.201 e. The molecular weight excluding hydrogens is 224 g/mol. The van der Waals surface area contributed by atoms with Crippen molar-refractivity contribution >= 4 is 17.0 Å². The van der Waals surface area contributed by atoms with Crippen molar-refractivity contribution in [1.82, 2.24) is 14.5 Å². The minimum Gasteiger partial charge on any atom is -0.369 e. The Bertz CT molecular complexity index is 572. The quantitative estimate of drug-likeness (QED) is 0.879. The molecule has 1 aromatic heterocycles. The molecule has 0 saturated carbocycles. The van der Waals surface area contributed by atoms with Crippen molar-refractivity contribution in [2.45, 2.75) is 32.4 Å². The fraction of sp³-hybridized carbons (Fsp3) is 0.500. The number of nitrogen functional groups attached to an aromatic ring is 1. The molecule has 0 bridgehead atoms. The Morgan fingerprint density at radius 3 is 3.00 bits per heavy atom. The summed E-state index contributed by atoms with van der Waals surface area (Å²) < 4.78 is 2.15. The Hall–Kier alpha value is -1.55. The molecule has 1 saturated heterocycles. The number of hydrogen-bond acceptors (Lipinski definition) is 3. The molecule has 1 fully saturated rings. The van der Waals surface area contributed by atoms with E-state index in [4.69, 9.17) is 5.73 Å². The lowest BCUT2D eigenvalue weighted by Crippen LogP contribution is -2.29. The Labute approximate surface area is 107 Å². The van der Waals surface area contributed by atoms with Gasteiger partial charge in [-0.2, -0.15) is 0 Å². The minimum absolute atomic E-state index is 0.589. The van der Waals surface area contributed by atoms with Crippen molar-refractivity contribution in [2.75, 3.05) is 19.3 Å². The number of likely N-dealkylation sites (N-methyl/N-ethyl adjacent to an activating group) is 1. The topological polar surface area (TPSA) is 47.1 Å². The van der Waals surface area contributed by atoms with E-state index in [2.05, 4.69) is 46.6 Å². The molecular formula is C14H20N4. The van der Waals surface area contributed by atoms with Gasteiger partial charge in [0.25, 0.3) is 0 Å². The summed E-state index contributed by atoms with van der Waals surface area (Å²) in [6.45, 7) is 4.22. The lowest BCUT2D eigenvalue weighted by molar-refractivity contribution is 0.285. The second-order valence-corrected chi connectivity index (χ2v) is 5.35. The lowest BCUT2D eigenvalue weighted by atomic mass is 10.2. The summed E-state index contributed by atoms with van der Waals surface area (Å²) in [4.78, 5) is 6.88. The van der Waals surface area contributed by atoms with E-state index in [1.807, 2.05) is 0 Å². The molecule has 4 heteroatoms. The number of nitrogens with two attached hydrogens (primary N) is 1. The van der Waals surface area contributed by atoms with Gasteiger partial charge in [-0.05, 0) is 51.1 Å². The van der Waals surface area contributed by atoms with Gasteiger partial charge in [-0.25, -0.2) is 4.98 Å². The number of anilines is 1. The Balaban J connectivity index is 1.98. The molecule has 1 atom stereocenters. The molecule has 0 radical (unpaired) electrons. The van der Waals surface area contributed by atoms with Gasteiger partial charge in [-0.15, -0.1) is 0 Å². The number of imidazole rings is 1. The number of fused-ring (bicyclic) bond motifs is 1. The molecule has 2 heterocycles. The molecule has 1 aromatic carbocycles. The molecule has 0 spiro atoms. The van der Waals surface area contributed by atoms with Crippen LogP contribution in [0.1, 0.15) is 18.4 Å². The fourth-order valence-electron chi connectivity index (χ4n) is 2.87.